The van der Waals surface area contributed by atoms with Crippen molar-refractivity contribution in [3.8, 4) is 18.2 Å². The van der Waals surface area contributed by atoms with Gasteiger partial charge in [0.25, 0.3) is 0 Å². The van der Waals surface area contributed by atoms with Crippen LogP contribution in [0, 0.1) is 19.3 Å². The van der Waals surface area contributed by atoms with Crippen molar-refractivity contribution in [2.45, 2.75) is 13.8 Å². The summed E-state index contributed by atoms with van der Waals surface area (Å²) >= 11 is 0. The van der Waals surface area contributed by atoms with E-state index in [0.29, 0.717) is 19.0 Å². The lowest BCUT2D eigenvalue weighted by Crippen LogP contribution is -2.06. The summed E-state index contributed by atoms with van der Waals surface area (Å²) in [6.07, 6.45) is 6.59. The average molecular weight is 191 g/mol. The van der Waals surface area contributed by atoms with Gasteiger partial charge in [0.05, 0.1) is 18.7 Å². The fourth-order valence-electron chi connectivity index (χ4n) is 1.03. The highest BCUT2D eigenvalue weighted by Crippen LogP contribution is 2.19. The van der Waals surface area contributed by atoms with Crippen LogP contribution in [0.1, 0.15) is 12.5 Å². The van der Waals surface area contributed by atoms with Gasteiger partial charge in [0.15, 0.2) is 0 Å². The van der Waals surface area contributed by atoms with E-state index in [1.165, 1.54) is 6.33 Å². The minimum atomic E-state index is 0.448. The third kappa shape index (κ3) is 2.36. The minimum Gasteiger partial charge on any atom is -0.478 e. The highest BCUT2D eigenvalue weighted by atomic mass is 16.5. The molecule has 0 atom stereocenters. The maximum absolute atomic E-state index is 5.31. The Morgan fingerprint density at radius 2 is 2.36 bits per heavy atom. The van der Waals surface area contributed by atoms with Crippen molar-refractivity contribution in [3.05, 3.63) is 11.9 Å². The molecule has 1 N–H and O–H groups in total. The van der Waals surface area contributed by atoms with Crippen LogP contribution >= 0.6 is 0 Å². The fraction of sp³-hybridized carbons (Fsp3) is 0.400. The summed E-state index contributed by atoms with van der Waals surface area (Å²) in [5, 5.41) is 2.99. The quantitative estimate of drug-likeness (QED) is 0.727. The van der Waals surface area contributed by atoms with Crippen molar-refractivity contribution in [2.24, 2.45) is 0 Å². The van der Waals surface area contributed by atoms with Crippen molar-refractivity contribution in [3.63, 3.8) is 0 Å². The van der Waals surface area contributed by atoms with Gasteiger partial charge < -0.3 is 10.1 Å². The fourth-order valence-corrected chi connectivity index (χ4v) is 1.03. The number of rotatable bonds is 4. The first-order chi connectivity index (χ1) is 6.79. The highest BCUT2D eigenvalue weighted by Gasteiger charge is 2.05. The molecule has 1 rings (SSSR count). The van der Waals surface area contributed by atoms with Gasteiger partial charge in [0.2, 0.25) is 5.88 Å². The molecule has 0 saturated heterocycles. The molecule has 1 aromatic rings. The van der Waals surface area contributed by atoms with Crippen molar-refractivity contribution < 1.29 is 4.74 Å². The third-order valence-corrected chi connectivity index (χ3v) is 1.68. The molecule has 0 aliphatic heterocycles. The molecule has 0 fully saturated rings. The van der Waals surface area contributed by atoms with Crippen LogP contribution < -0.4 is 10.1 Å². The number of nitrogens with one attached hydrogen (secondary N) is 1. The van der Waals surface area contributed by atoms with E-state index in [0.717, 1.165) is 11.4 Å². The first-order valence-corrected chi connectivity index (χ1v) is 4.41. The summed E-state index contributed by atoms with van der Waals surface area (Å²) in [5.41, 5.74) is 0.879. The number of terminal acetylenes is 1. The number of hydrogen-bond acceptors (Lipinski definition) is 4. The van der Waals surface area contributed by atoms with Crippen molar-refractivity contribution in [2.75, 3.05) is 18.5 Å². The van der Waals surface area contributed by atoms with E-state index in [1.54, 1.807) is 0 Å². The standard InChI is InChI=1S/C10H13N3O/c1-4-6-11-9-8(3)10(14-5-2)13-7-12-9/h1,7H,5-6H2,2-3H3,(H,11,12,13). The zero-order chi connectivity index (χ0) is 10.4. The second-order valence-electron chi connectivity index (χ2n) is 2.64. The zero-order valence-electron chi connectivity index (χ0n) is 8.37. The Morgan fingerprint density at radius 3 is 3.00 bits per heavy atom. The molecule has 74 valence electrons. The topological polar surface area (TPSA) is 47.0 Å². The number of hydrogen-bond donors (Lipinski definition) is 1. The van der Waals surface area contributed by atoms with E-state index in [-0.39, 0.29) is 0 Å². The van der Waals surface area contributed by atoms with E-state index >= 15 is 0 Å². The molecule has 4 heteroatoms. The molecule has 0 unspecified atom stereocenters. The Labute approximate surface area is 83.7 Å². The average Bonchev–Trinajstić information content (AvgIpc) is 2.20. The van der Waals surface area contributed by atoms with Gasteiger partial charge in [-0.1, -0.05) is 5.92 Å². The smallest absolute Gasteiger partial charge is 0.221 e. The second kappa shape index (κ2) is 5.07. The van der Waals surface area contributed by atoms with E-state index < -0.39 is 0 Å². The van der Waals surface area contributed by atoms with Crippen LogP contribution in [-0.2, 0) is 0 Å². The van der Waals surface area contributed by atoms with Gasteiger partial charge >= 0.3 is 0 Å². The van der Waals surface area contributed by atoms with Crippen molar-refractivity contribution in [1.82, 2.24) is 9.97 Å². The lowest BCUT2D eigenvalue weighted by molar-refractivity contribution is 0.324. The van der Waals surface area contributed by atoms with Crippen LogP contribution in [0.4, 0.5) is 5.82 Å². The Balaban J connectivity index is 2.85. The Hall–Kier alpha value is -1.76. The number of nitrogens with zero attached hydrogens (tertiary/aromatic N) is 2. The Kier molecular flexibility index (Phi) is 3.74. The van der Waals surface area contributed by atoms with Crippen LogP contribution in [0.5, 0.6) is 5.88 Å². The first kappa shape index (κ1) is 10.3. The van der Waals surface area contributed by atoms with Crippen LogP contribution in [0.2, 0.25) is 0 Å². The molecule has 1 heterocycles. The van der Waals surface area contributed by atoms with Crippen LogP contribution in [0.25, 0.3) is 0 Å². The summed E-state index contributed by atoms with van der Waals surface area (Å²) in [5.74, 6) is 3.81. The maximum Gasteiger partial charge on any atom is 0.221 e. The molecule has 0 bridgehead atoms. The predicted molar refractivity (Wildman–Crippen MR) is 55.3 cm³/mol. The largest absolute Gasteiger partial charge is 0.478 e. The van der Waals surface area contributed by atoms with Crippen LogP contribution in [0.3, 0.4) is 0 Å². The van der Waals surface area contributed by atoms with Gasteiger partial charge in [-0.05, 0) is 13.8 Å². The molecule has 0 aliphatic rings. The molecule has 0 aromatic carbocycles. The molecule has 0 saturated carbocycles. The van der Waals surface area contributed by atoms with E-state index in [4.69, 9.17) is 11.2 Å². The van der Waals surface area contributed by atoms with Crippen LogP contribution in [0.15, 0.2) is 6.33 Å². The summed E-state index contributed by atoms with van der Waals surface area (Å²) < 4.78 is 5.31. The first-order valence-electron chi connectivity index (χ1n) is 4.41. The molecule has 0 radical (unpaired) electrons. The summed E-state index contributed by atoms with van der Waals surface area (Å²) in [4.78, 5) is 8.07. The normalized spacial score (nSPS) is 9.21. The summed E-state index contributed by atoms with van der Waals surface area (Å²) in [7, 11) is 0. The predicted octanol–water partition coefficient (Wildman–Crippen LogP) is 1.23. The van der Waals surface area contributed by atoms with E-state index in [1.807, 2.05) is 13.8 Å². The van der Waals surface area contributed by atoms with Crippen molar-refractivity contribution in [1.29, 1.82) is 0 Å². The SMILES string of the molecule is C#CCNc1ncnc(OCC)c1C. The zero-order valence-corrected chi connectivity index (χ0v) is 8.37. The van der Waals surface area contributed by atoms with Gasteiger partial charge in [-0.2, -0.15) is 0 Å². The lowest BCUT2D eigenvalue weighted by Gasteiger charge is -2.09. The molecular formula is C10H13N3O. The number of ether oxygens (including phenoxy) is 1. The second-order valence-corrected chi connectivity index (χ2v) is 2.64. The van der Waals surface area contributed by atoms with Gasteiger partial charge in [0, 0.05) is 0 Å². The minimum absolute atomic E-state index is 0.448. The van der Waals surface area contributed by atoms with Gasteiger partial charge in [-0.15, -0.1) is 6.42 Å². The molecule has 14 heavy (non-hydrogen) atoms. The molecule has 1 aromatic heterocycles. The van der Waals surface area contributed by atoms with Gasteiger partial charge in [0.1, 0.15) is 12.1 Å². The lowest BCUT2D eigenvalue weighted by atomic mass is 10.3. The van der Waals surface area contributed by atoms with Crippen LogP contribution in [-0.4, -0.2) is 23.1 Å². The Morgan fingerprint density at radius 1 is 1.57 bits per heavy atom. The molecule has 0 amide bonds. The third-order valence-electron chi connectivity index (χ3n) is 1.68. The van der Waals surface area contributed by atoms with Crippen molar-refractivity contribution >= 4 is 5.82 Å². The highest BCUT2D eigenvalue weighted by molar-refractivity contribution is 5.48. The molecule has 0 aliphatic carbocycles. The maximum atomic E-state index is 5.31. The molecule has 4 nitrogen and oxygen atoms in total. The molecule has 0 spiro atoms. The van der Waals surface area contributed by atoms with Gasteiger partial charge in [-0.25, -0.2) is 9.97 Å². The number of anilines is 1. The Bertz CT molecular complexity index is 344. The summed E-state index contributed by atoms with van der Waals surface area (Å²) in [6.45, 7) is 4.84. The van der Waals surface area contributed by atoms with E-state index in [9.17, 15) is 0 Å². The summed E-state index contributed by atoms with van der Waals surface area (Å²) in [6, 6.07) is 0. The van der Waals surface area contributed by atoms with Gasteiger partial charge in [-0.3, -0.25) is 0 Å². The molecular weight excluding hydrogens is 178 g/mol. The number of aromatic nitrogens is 2. The van der Waals surface area contributed by atoms with E-state index in [2.05, 4.69) is 21.2 Å². The monoisotopic (exact) mass is 191 g/mol.